The summed E-state index contributed by atoms with van der Waals surface area (Å²) in [6, 6.07) is 14.7. The number of imidazole rings is 1. The highest BCUT2D eigenvalue weighted by Crippen LogP contribution is 2.11. The molecule has 0 saturated heterocycles. The maximum Gasteiger partial charge on any atom is 0.191 e. The molecule has 0 aliphatic rings. The summed E-state index contributed by atoms with van der Waals surface area (Å²) in [5, 5.41) is 6.36. The normalized spacial score (nSPS) is 11.2. The lowest BCUT2D eigenvalue weighted by atomic mass is 10.2. The van der Waals surface area contributed by atoms with Gasteiger partial charge >= 0.3 is 0 Å². The number of rotatable bonds is 6. The first-order valence-corrected chi connectivity index (χ1v) is 8.38. The standard InChI is InChI=1S/C19H22FN5.HI/c1-21-19(23-13-14-7-2-3-8-15(14)20)22-12-6-11-18-24-16-9-4-5-10-17(16)25-18;/h2-5,7-10H,6,11-13H2,1H3,(H,24,25)(H2,21,22,23);1H. The van der Waals surface area contributed by atoms with Crippen molar-refractivity contribution in [1.82, 2.24) is 20.6 Å². The number of aliphatic imine (C=N–C) groups is 1. The van der Waals surface area contributed by atoms with Crippen molar-refractivity contribution < 1.29 is 4.39 Å². The highest BCUT2D eigenvalue weighted by atomic mass is 127. The third-order valence-electron chi connectivity index (χ3n) is 3.95. The third-order valence-corrected chi connectivity index (χ3v) is 3.95. The average Bonchev–Trinajstić information content (AvgIpc) is 3.05. The van der Waals surface area contributed by atoms with E-state index in [0.717, 1.165) is 36.2 Å². The molecule has 7 heteroatoms. The van der Waals surface area contributed by atoms with Crippen LogP contribution in [0.5, 0.6) is 0 Å². The van der Waals surface area contributed by atoms with Crippen molar-refractivity contribution in [3.8, 4) is 0 Å². The van der Waals surface area contributed by atoms with E-state index in [1.807, 2.05) is 30.3 Å². The Kier molecular flexibility index (Phi) is 7.83. The summed E-state index contributed by atoms with van der Waals surface area (Å²) in [6.45, 7) is 1.16. The van der Waals surface area contributed by atoms with E-state index < -0.39 is 0 Å². The minimum absolute atomic E-state index is 0. The zero-order valence-corrected chi connectivity index (χ0v) is 17.0. The fraction of sp³-hybridized carbons (Fsp3) is 0.263. The molecule has 0 bridgehead atoms. The van der Waals surface area contributed by atoms with Crippen LogP contribution >= 0.6 is 24.0 Å². The lowest BCUT2D eigenvalue weighted by Crippen LogP contribution is -2.37. The van der Waals surface area contributed by atoms with Gasteiger partial charge in [-0.25, -0.2) is 9.37 Å². The molecule has 1 heterocycles. The number of H-pyrrole nitrogens is 1. The Labute approximate surface area is 169 Å². The second-order valence-electron chi connectivity index (χ2n) is 5.75. The Morgan fingerprint density at radius 2 is 1.88 bits per heavy atom. The molecule has 3 N–H and O–H groups in total. The van der Waals surface area contributed by atoms with E-state index >= 15 is 0 Å². The van der Waals surface area contributed by atoms with Crippen LogP contribution in [0.4, 0.5) is 4.39 Å². The molecule has 5 nitrogen and oxygen atoms in total. The second-order valence-corrected chi connectivity index (χ2v) is 5.75. The van der Waals surface area contributed by atoms with E-state index in [-0.39, 0.29) is 29.8 Å². The molecule has 0 aliphatic heterocycles. The van der Waals surface area contributed by atoms with Crippen molar-refractivity contribution >= 4 is 41.0 Å². The quantitative estimate of drug-likeness (QED) is 0.225. The number of fused-ring (bicyclic) bond motifs is 1. The van der Waals surface area contributed by atoms with Crippen LogP contribution in [0.25, 0.3) is 11.0 Å². The predicted octanol–water partition coefficient (Wildman–Crippen LogP) is 3.62. The summed E-state index contributed by atoms with van der Waals surface area (Å²) in [4.78, 5) is 12.0. The predicted molar refractivity (Wildman–Crippen MR) is 114 cm³/mol. The van der Waals surface area contributed by atoms with Crippen molar-refractivity contribution in [3.63, 3.8) is 0 Å². The summed E-state index contributed by atoms with van der Waals surface area (Å²) in [6.07, 6.45) is 1.77. The van der Waals surface area contributed by atoms with Crippen molar-refractivity contribution in [2.45, 2.75) is 19.4 Å². The third kappa shape index (κ3) is 5.42. The molecule has 1 aromatic heterocycles. The number of hydrogen-bond donors (Lipinski definition) is 3. The maximum absolute atomic E-state index is 13.6. The Bertz CT molecular complexity index is 829. The lowest BCUT2D eigenvalue weighted by Gasteiger charge is -2.12. The van der Waals surface area contributed by atoms with Gasteiger partial charge in [-0.1, -0.05) is 30.3 Å². The van der Waals surface area contributed by atoms with Gasteiger partial charge in [0.2, 0.25) is 0 Å². The van der Waals surface area contributed by atoms with Crippen LogP contribution in [0.2, 0.25) is 0 Å². The number of para-hydroxylation sites is 2. The molecule has 0 saturated carbocycles. The van der Waals surface area contributed by atoms with E-state index in [4.69, 9.17) is 0 Å². The van der Waals surface area contributed by atoms with E-state index in [1.165, 1.54) is 6.07 Å². The Morgan fingerprint density at radius 1 is 1.12 bits per heavy atom. The van der Waals surface area contributed by atoms with E-state index in [1.54, 1.807) is 19.2 Å². The first-order valence-electron chi connectivity index (χ1n) is 8.38. The first kappa shape index (κ1) is 20.2. The summed E-state index contributed by atoms with van der Waals surface area (Å²) in [5.74, 6) is 1.43. The van der Waals surface area contributed by atoms with Gasteiger partial charge in [-0.15, -0.1) is 24.0 Å². The van der Waals surface area contributed by atoms with Crippen LogP contribution in [0.3, 0.4) is 0 Å². The molecule has 0 aliphatic carbocycles. The molecule has 0 fully saturated rings. The van der Waals surface area contributed by atoms with Crippen molar-refractivity contribution in [2.75, 3.05) is 13.6 Å². The zero-order chi connectivity index (χ0) is 17.5. The van der Waals surface area contributed by atoms with Gasteiger partial charge in [0.05, 0.1) is 11.0 Å². The molecule has 138 valence electrons. The molecule has 26 heavy (non-hydrogen) atoms. The number of benzene rings is 2. The van der Waals surface area contributed by atoms with Crippen LogP contribution in [0, 0.1) is 5.82 Å². The molecule has 0 atom stereocenters. The molecular weight excluding hydrogens is 444 g/mol. The van der Waals surface area contributed by atoms with Crippen LogP contribution in [-0.4, -0.2) is 29.5 Å². The Hall–Kier alpha value is -2.16. The van der Waals surface area contributed by atoms with Gasteiger partial charge < -0.3 is 15.6 Å². The minimum atomic E-state index is -0.213. The van der Waals surface area contributed by atoms with Crippen molar-refractivity contribution in [2.24, 2.45) is 4.99 Å². The molecule has 0 spiro atoms. The molecule has 2 aromatic carbocycles. The van der Waals surface area contributed by atoms with E-state index in [9.17, 15) is 4.39 Å². The molecule has 0 amide bonds. The van der Waals surface area contributed by atoms with Gasteiger partial charge in [0.25, 0.3) is 0 Å². The second kappa shape index (κ2) is 10.1. The number of nitrogens with one attached hydrogen (secondary N) is 3. The SMILES string of the molecule is CN=C(NCCCc1nc2ccccc2[nH]1)NCc1ccccc1F.I. The highest BCUT2D eigenvalue weighted by molar-refractivity contribution is 14.0. The number of aromatic amines is 1. The van der Waals surface area contributed by atoms with Crippen LogP contribution in [0.15, 0.2) is 53.5 Å². The Morgan fingerprint density at radius 3 is 2.65 bits per heavy atom. The zero-order valence-electron chi connectivity index (χ0n) is 14.6. The monoisotopic (exact) mass is 467 g/mol. The summed E-state index contributed by atoms with van der Waals surface area (Å²) in [7, 11) is 1.70. The maximum atomic E-state index is 13.6. The van der Waals surface area contributed by atoms with Crippen molar-refractivity contribution in [3.05, 3.63) is 65.7 Å². The van der Waals surface area contributed by atoms with Crippen LogP contribution in [-0.2, 0) is 13.0 Å². The number of aryl methyl sites for hydroxylation is 1. The molecule has 3 rings (SSSR count). The summed E-state index contributed by atoms with van der Waals surface area (Å²) < 4.78 is 13.6. The van der Waals surface area contributed by atoms with Gasteiger partial charge in [-0.05, 0) is 24.6 Å². The van der Waals surface area contributed by atoms with Gasteiger partial charge in [0.1, 0.15) is 11.6 Å². The smallest absolute Gasteiger partial charge is 0.191 e. The lowest BCUT2D eigenvalue weighted by molar-refractivity contribution is 0.604. The molecule has 0 radical (unpaired) electrons. The molecule has 0 unspecified atom stereocenters. The molecule has 3 aromatic rings. The Balaban J connectivity index is 0.00000243. The fourth-order valence-electron chi connectivity index (χ4n) is 2.63. The number of halogens is 2. The van der Waals surface area contributed by atoms with Gasteiger partial charge in [-0.2, -0.15) is 0 Å². The van der Waals surface area contributed by atoms with Gasteiger partial charge in [-0.3, -0.25) is 4.99 Å². The molecular formula is C19H23FIN5. The largest absolute Gasteiger partial charge is 0.356 e. The summed E-state index contributed by atoms with van der Waals surface area (Å²) in [5.41, 5.74) is 2.67. The number of nitrogens with zero attached hydrogens (tertiary/aromatic N) is 2. The van der Waals surface area contributed by atoms with Crippen LogP contribution < -0.4 is 10.6 Å². The topological polar surface area (TPSA) is 65.1 Å². The number of hydrogen-bond acceptors (Lipinski definition) is 2. The van der Waals surface area contributed by atoms with Crippen molar-refractivity contribution in [1.29, 1.82) is 0 Å². The fourth-order valence-corrected chi connectivity index (χ4v) is 2.63. The van der Waals surface area contributed by atoms with Crippen LogP contribution in [0.1, 0.15) is 17.8 Å². The van der Waals surface area contributed by atoms with E-state index in [0.29, 0.717) is 18.1 Å². The first-order chi connectivity index (χ1) is 12.3. The number of aromatic nitrogens is 2. The summed E-state index contributed by atoms with van der Waals surface area (Å²) >= 11 is 0. The number of guanidine groups is 1. The van der Waals surface area contributed by atoms with Gasteiger partial charge in [0.15, 0.2) is 5.96 Å². The average molecular weight is 467 g/mol. The van der Waals surface area contributed by atoms with E-state index in [2.05, 4.69) is 25.6 Å². The highest BCUT2D eigenvalue weighted by Gasteiger charge is 2.04. The minimum Gasteiger partial charge on any atom is -0.356 e. The van der Waals surface area contributed by atoms with Gasteiger partial charge in [0, 0.05) is 32.1 Å².